The van der Waals surface area contributed by atoms with Crippen LogP contribution in [0.2, 0.25) is 0 Å². The van der Waals surface area contributed by atoms with Crippen LogP contribution in [0.4, 0.5) is 5.69 Å². The van der Waals surface area contributed by atoms with Crippen LogP contribution in [-0.4, -0.2) is 30.6 Å². The summed E-state index contributed by atoms with van der Waals surface area (Å²) < 4.78 is 5.20. The number of ether oxygens (including phenoxy) is 1. The number of amides is 1. The number of carbonyl (C=O) groups is 1. The molecule has 7 nitrogen and oxygen atoms in total. The fourth-order valence-corrected chi connectivity index (χ4v) is 1.93. The molecule has 1 aromatic carbocycles. The van der Waals surface area contributed by atoms with Gasteiger partial charge in [0.2, 0.25) is 0 Å². The molecule has 2 rings (SSSR count). The van der Waals surface area contributed by atoms with Crippen LogP contribution in [0.15, 0.2) is 42.6 Å². The molecular weight excluding hydrogens is 306 g/mol. The first-order valence-corrected chi connectivity index (χ1v) is 7.50. The Morgan fingerprint density at radius 1 is 1.25 bits per heavy atom. The summed E-state index contributed by atoms with van der Waals surface area (Å²) in [4.78, 5) is 15.8. The molecular formula is C17H19N5O2. The number of carbonyl (C=O) groups excluding carboxylic acids is 1. The van der Waals surface area contributed by atoms with Gasteiger partial charge in [0.1, 0.15) is 17.5 Å². The molecule has 0 atom stereocenters. The van der Waals surface area contributed by atoms with E-state index in [4.69, 9.17) is 15.7 Å². The zero-order valence-electron chi connectivity index (χ0n) is 13.2. The first-order valence-electron chi connectivity index (χ1n) is 7.50. The van der Waals surface area contributed by atoms with Crippen molar-refractivity contribution in [2.24, 2.45) is 5.73 Å². The highest BCUT2D eigenvalue weighted by atomic mass is 16.5. The second kappa shape index (κ2) is 9.12. The van der Waals surface area contributed by atoms with Gasteiger partial charge in [0.15, 0.2) is 6.61 Å². The molecule has 1 amide bonds. The molecule has 0 fully saturated rings. The van der Waals surface area contributed by atoms with Gasteiger partial charge in [-0.25, -0.2) is 4.98 Å². The lowest BCUT2D eigenvalue weighted by Crippen LogP contribution is -2.29. The van der Waals surface area contributed by atoms with E-state index in [0.717, 1.165) is 11.3 Å². The Hall–Kier alpha value is -3.11. The summed E-state index contributed by atoms with van der Waals surface area (Å²) >= 11 is 0. The maximum atomic E-state index is 11.7. The van der Waals surface area contributed by atoms with Gasteiger partial charge in [-0.2, -0.15) is 5.26 Å². The molecule has 124 valence electrons. The third kappa shape index (κ3) is 5.26. The molecule has 0 unspecified atom stereocenters. The Balaban J connectivity index is 1.86. The predicted molar refractivity (Wildman–Crippen MR) is 90.5 cm³/mol. The van der Waals surface area contributed by atoms with Crippen LogP contribution in [0.25, 0.3) is 0 Å². The molecule has 1 aromatic heterocycles. The minimum atomic E-state index is -0.236. The molecule has 1 heterocycles. The number of aromatic nitrogens is 1. The molecule has 0 aliphatic heterocycles. The Labute approximate surface area is 140 Å². The van der Waals surface area contributed by atoms with Crippen LogP contribution in [-0.2, 0) is 6.54 Å². The number of nitrogens with one attached hydrogen (secondary N) is 2. The number of benzene rings is 1. The smallest absolute Gasteiger partial charge is 0.269 e. The highest BCUT2D eigenvalue weighted by molar-refractivity contribution is 5.92. The zero-order chi connectivity index (χ0) is 17.2. The first-order chi connectivity index (χ1) is 11.7. The van der Waals surface area contributed by atoms with Crippen LogP contribution >= 0.6 is 0 Å². The highest BCUT2D eigenvalue weighted by Crippen LogP contribution is 2.14. The summed E-state index contributed by atoms with van der Waals surface area (Å²) in [5.74, 6) is 0.426. The molecule has 7 heteroatoms. The number of rotatable bonds is 8. The monoisotopic (exact) mass is 325 g/mol. The maximum Gasteiger partial charge on any atom is 0.269 e. The molecule has 0 bridgehead atoms. The molecule has 4 N–H and O–H groups in total. The van der Waals surface area contributed by atoms with E-state index in [1.165, 1.54) is 0 Å². The normalized spacial score (nSPS) is 9.83. The average molecular weight is 325 g/mol. The van der Waals surface area contributed by atoms with Crippen molar-refractivity contribution in [1.82, 2.24) is 10.3 Å². The lowest BCUT2D eigenvalue weighted by molar-refractivity contribution is 0.0950. The second-order valence-corrected chi connectivity index (χ2v) is 4.92. The number of hydrogen-bond acceptors (Lipinski definition) is 6. The Morgan fingerprint density at radius 3 is 2.67 bits per heavy atom. The molecule has 2 aromatic rings. The minimum Gasteiger partial charge on any atom is -0.479 e. The van der Waals surface area contributed by atoms with Crippen molar-refractivity contribution < 1.29 is 9.53 Å². The Kier molecular flexibility index (Phi) is 6.56. The zero-order valence-corrected chi connectivity index (χ0v) is 13.2. The number of hydrogen-bond donors (Lipinski definition) is 3. The lowest BCUT2D eigenvalue weighted by Gasteiger charge is -2.08. The van der Waals surface area contributed by atoms with E-state index in [2.05, 4.69) is 15.6 Å². The van der Waals surface area contributed by atoms with Gasteiger partial charge in [0.25, 0.3) is 5.91 Å². The number of nitriles is 1. The van der Waals surface area contributed by atoms with E-state index >= 15 is 0 Å². The molecule has 0 saturated heterocycles. The summed E-state index contributed by atoms with van der Waals surface area (Å²) in [6, 6.07) is 12.9. The Bertz CT molecular complexity index is 692. The van der Waals surface area contributed by atoms with Gasteiger partial charge in [-0.15, -0.1) is 0 Å². The first kappa shape index (κ1) is 17.2. The maximum absolute atomic E-state index is 11.7. The summed E-state index contributed by atoms with van der Waals surface area (Å²) in [7, 11) is 0. The standard InChI is InChI=1S/C17H19N5O2/c18-7-9-20-17(23)16-6-3-14(12-22-16)21-11-13-1-4-15(5-2-13)24-10-8-19/h1-6,12,21H,7,9-11,18H2,(H,20,23). The number of nitrogens with zero attached hydrogens (tertiary/aromatic N) is 2. The van der Waals surface area contributed by atoms with Crippen molar-refractivity contribution in [3.05, 3.63) is 53.9 Å². The van der Waals surface area contributed by atoms with E-state index in [0.29, 0.717) is 31.1 Å². The van der Waals surface area contributed by atoms with Crippen molar-refractivity contribution in [3.8, 4) is 11.8 Å². The molecule has 24 heavy (non-hydrogen) atoms. The van der Waals surface area contributed by atoms with Crippen molar-refractivity contribution >= 4 is 11.6 Å². The van der Waals surface area contributed by atoms with Crippen LogP contribution < -0.4 is 21.1 Å². The summed E-state index contributed by atoms with van der Waals surface area (Å²) in [5, 5.41) is 14.4. The van der Waals surface area contributed by atoms with Gasteiger partial charge in [0, 0.05) is 19.6 Å². The van der Waals surface area contributed by atoms with Gasteiger partial charge in [-0.05, 0) is 29.8 Å². The van der Waals surface area contributed by atoms with Gasteiger partial charge in [-0.1, -0.05) is 12.1 Å². The number of anilines is 1. The predicted octanol–water partition coefficient (Wildman–Crippen LogP) is 1.28. The minimum absolute atomic E-state index is 0.0362. The van der Waals surface area contributed by atoms with Crippen LogP contribution in [0.3, 0.4) is 0 Å². The third-order valence-electron chi connectivity index (χ3n) is 3.15. The molecule has 0 aliphatic carbocycles. The van der Waals surface area contributed by atoms with E-state index < -0.39 is 0 Å². The second-order valence-electron chi connectivity index (χ2n) is 4.92. The van der Waals surface area contributed by atoms with E-state index in [1.54, 1.807) is 18.3 Å². The third-order valence-corrected chi connectivity index (χ3v) is 3.15. The van der Waals surface area contributed by atoms with Gasteiger partial charge < -0.3 is 21.1 Å². The quantitative estimate of drug-likeness (QED) is 0.674. The molecule has 0 spiro atoms. The van der Waals surface area contributed by atoms with Gasteiger partial charge in [0.05, 0.1) is 11.9 Å². The van der Waals surface area contributed by atoms with Gasteiger partial charge >= 0.3 is 0 Å². The summed E-state index contributed by atoms with van der Waals surface area (Å²) in [6.45, 7) is 1.47. The molecule has 0 aliphatic rings. The fourth-order valence-electron chi connectivity index (χ4n) is 1.93. The van der Waals surface area contributed by atoms with E-state index in [9.17, 15) is 4.79 Å². The Morgan fingerprint density at radius 2 is 2.04 bits per heavy atom. The summed E-state index contributed by atoms with van der Waals surface area (Å²) in [5.41, 5.74) is 7.57. The van der Waals surface area contributed by atoms with Crippen molar-refractivity contribution in [3.63, 3.8) is 0 Å². The van der Waals surface area contributed by atoms with Crippen LogP contribution in [0, 0.1) is 11.3 Å². The number of nitrogens with two attached hydrogens (primary N) is 1. The van der Waals surface area contributed by atoms with Crippen molar-refractivity contribution in [2.75, 3.05) is 25.0 Å². The van der Waals surface area contributed by atoms with Gasteiger partial charge in [-0.3, -0.25) is 4.79 Å². The van der Waals surface area contributed by atoms with Crippen molar-refractivity contribution in [2.45, 2.75) is 6.54 Å². The lowest BCUT2D eigenvalue weighted by atomic mass is 10.2. The number of pyridine rings is 1. The van der Waals surface area contributed by atoms with Crippen molar-refractivity contribution in [1.29, 1.82) is 5.26 Å². The average Bonchev–Trinajstić information content (AvgIpc) is 2.64. The van der Waals surface area contributed by atoms with E-state index in [1.807, 2.05) is 30.3 Å². The SMILES string of the molecule is N#CCOc1ccc(CNc2ccc(C(=O)NCCN)nc2)cc1. The topological polar surface area (TPSA) is 113 Å². The van der Waals surface area contributed by atoms with Crippen LogP contribution in [0.1, 0.15) is 16.1 Å². The fraction of sp³-hybridized carbons (Fsp3) is 0.235. The van der Waals surface area contributed by atoms with Crippen LogP contribution in [0.5, 0.6) is 5.75 Å². The van der Waals surface area contributed by atoms with E-state index in [-0.39, 0.29) is 12.5 Å². The molecule has 0 radical (unpaired) electrons. The summed E-state index contributed by atoms with van der Waals surface area (Å²) in [6.07, 6.45) is 1.61. The highest BCUT2D eigenvalue weighted by Gasteiger charge is 2.05. The molecule has 0 saturated carbocycles. The largest absolute Gasteiger partial charge is 0.479 e.